The Morgan fingerprint density at radius 1 is 1.06 bits per heavy atom. The van der Waals surface area contributed by atoms with E-state index < -0.39 is 0 Å². The first-order valence-electron chi connectivity index (χ1n) is 7.15. The first-order chi connectivity index (χ1) is 7.74. The lowest BCUT2D eigenvalue weighted by Crippen LogP contribution is -2.50. The van der Waals surface area contributed by atoms with E-state index in [9.17, 15) is 0 Å². The number of hydrogen-bond acceptors (Lipinski definition) is 2. The van der Waals surface area contributed by atoms with E-state index in [0.717, 1.165) is 12.5 Å². The Kier molecular flexibility index (Phi) is 4.26. The highest BCUT2D eigenvalue weighted by Crippen LogP contribution is 2.40. The van der Waals surface area contributed by atoms with E-state index in [-0.39, 0.29) is 5.54 Å². The van der Waals surface area contributed by atoms with Crippen LogP contribution in [0.1, 0.15) is 64.7 Å². The van der Waals surface area contributed by atoms with E-state index in [4.69, 9.17) is 10.5 Å². The summed E-state index contributed by atoms with van der Waals surface area (Å²) in [5, 5.41) is 0. The molecule has 0 radical (unpaired) electrons. The quantitative estimate of drug-likeness (QED) is 0.800. The fourth-order valence-corrected chi connectivity index (χ4v) is 3.66. The van der Waals surface area contributed by atoms with Crippen LogP contribution in [0.2, 0.25) is 0 Å². The van der Waals surface area contributed by atoms with Gasteiger partial charge in [-0.1, -0.05) is 19.3 Å². The molecule has 0 bridgehead atoms. The summed E-state index contributed by atoms with van der Waals surface area (Å²) in [5.74, 6) is 0.768. The van der Waals surface area contributed by atoms with Gasteiger partial charge in [0.05, 0.1) is 6.10 Å². The van der Waals surface area contributed by atoms with Crippen molar-refractivity contribution in [2.45, 2.75) is 76.4 Å². The molecule has 0 aromatic carbocycles. The molecule has 0 aromatic rings. The Morgan fingerprint density at radius 3 is 2.25 bits per heavy atom. The van der Waals surface area contributed by atoms with Crippen molar-refractivity contribution in [1.29, 1.82) is 0 Å². The van der Waals surface area contributed by atoms with E-state index in [2.05, 4.69) is 6.92 Å². The van der Waals surface area contributed by atoms with E-state index in [0.29, 0.717) is 6.10 Å². The van der Waals surface area contributed by atoms with Crippen molar-refractivity contribution < 1.29 is 4.74 Å². The minimum Gasteiger partial charge on any atom is -0.379 e. The molecule has 0 heterocycles. The average Bonchev–Trinajstić information content (AvgIpc) is 2.31. The number of ether oxygens (including phenoxy) is 1. The van der Waals surface area contributed by atoms with Gasteiger partial charge in [0.25, 0.3) is 0 Å². The van der Waals surface area contributed by atoms with Crippen molar-refractivity contribution in [2.75, 3.05) is 6.61 Å². The molecular weight excluding hydrogens is 198 g/mol. The number of nitrogens with two attached hydrogens (primary N) is 1. The normalized spacial score (nSPS) is 34.9. The van der Waals surface area contributed by atoms with Crippen molar-refractivity contribution in [3.8, 4) is 0 Å². The molecule has 2 aliphatic carbocycles. The van der Waals surface area contributed by atoms with E-state index >= 15 is 0 Å². The largest absolute Gasteiger partial charge is 0.379 e. The maximum Gasteiger partial charge on any atom is 0.0575 e. The summed E-state index contributed by atoms with van der Waals surface area (Å²) in [7, 11) is 0. The van der Waals surface area contributed by atoms with E-state index in [1.807, 2.05) is 0 Å². The van der Waals surface area contributed by atoms with Gasteiger partial charge in [0.1, 0.15) is 0 Å². The van der Waals surface area contributed by atoms with Crippen LogP contribution in [0.3, 0.4) is 0 Å². The third kappa shape index (κ3) is 2.78. The molecule has 2 N–H and O–H groups in total. The highest BCUT2D eigenvalue weighted by atomic mass is 16.5. The van der Waals surface area contributed by atoms with Gasteiger partial charge in [-0.3, -0.25) is 0 Å². The molecule has 2 rings (SSSR count). The molecule has 2 aliphatic rings. The van der Waals surface area contributed by atoms with Crippen molar-refractivity contribution in [1.82, 2.24) is 0 Å². The van der Waals surface area contributed by atoms with Gasteiger partial charge in [-0.15, -0.1) is 0 Å². The molecule has 0 amide bonds. The van der Waals surface area contributed by atoms with Crippen LogP contribution >= 0.6 is 0 Å². The van der Waals surface area contributed by atoms with Crippen LogP contribution in [0.25, 0.3) is 0 Å². The molecule has 0 saturated heterocycles. The predicted octanol–water partition coefficient (Wildman–Crippen LogP) is 3.24. The van der Waals surface area contributed by atoms with Gasteiger partial charge in [0.15, 0.2) is 0 Å². The Labute approximate surface area is 99.9 Å². The molecular formula is C14H27NO. The maximum atomic E-state index is 6.61. The second kappa shape index (κ2) is 5.50. The Morgan fingerprint density at radius 2 is 1.69 bits per heavy atom. The molecule has 2 nitrogen and oxygen atoms in total. The fourth-order valence-electron chi connectivity index (χ4n) is 3.66. The smallest absolute Gasteiger partial charge is 0.0575 e. The molecule has 0 aliphatic heterocycles. The summed E-state index contributed by atoms with van der Waals surface area (Å²) in [6, 6.07) is 0. The lowest BCUT2D eigenvalue weighted by molar-refractivity contribution is 0.0104. The van der Waals surface area contributed by atoms with Crippen LogP contribution < -0.4 is 5.73 Å². The molecule has 2 saturated carbocycles. The topological polar surface area (TPSA) is 35.2 Å². The number of hydrogen-bond donors (Lipinski definition) is 1. The van der Waals surface area contributed by atoms with Crippen LogP contribution in [0, 0.1) is 5.92 Å². The lowest BCUT2D eigenvalue weighted by Gasteiger charge is -2.43. The first-order valence-corrected chi connectivity index (χ1v) is 7.15. The summed E-state index contributed by atoms with van der Waals surface area (Å²) < 4.78 is 5.71. The van der Waals surface area contributed by atoms with Gasteiger partial charge in [-0.25, -0.2) is 0 Å². The van der Waals surface area contributed by atoms with Crippen LogP contribution in [0.15, 0.2) is 0 Å². The number of rotatable bonds is 3. The first kappa shape index (κ1) is 12.4. The van der Waals surface area contributed by atoms with Crippen molar-refractivity contribution in [3.05, 3.63) is 0 Å². The third-order valence-electron chi connectivity index (χ3n) is 4.67. The molecule has 0 aromatic heterocycles. The Balaban J connectivity index is 1.83. The monoisotopic (exact) mass is 225 g/mol. The predicted molar refractivity (Wildman–Crippen MR) is 67.4 cm³/mol. The molecule has 16 heavy (non-hydrogen) atoms. The van der Waals surface area contributed by atoms with Crippen molar-refractivity contribution in [3.63, 3.8) is 0 Å². The third-order valence-corrected chi connectivity index (χ3v) is 4.67. The Hall–Kier alpha value is -0.0800. The zero-order chi connectivity index (χ0) is 11.4. The van der Waals surface area contributed by atoms with Crippen LogP contribution in [-0.4, -0.2) is 18.2 Å². The highest BCUT2D eigenvalue weighted by Gasteiger charge is 2.38. The van der Waals surface area contributed by atoms with Gasteiger partial charge in [-0.05, 0) is 51.4 Å². The summed E-state index contributed by atoms with van der Waals surface area (Å²) >= 11 is 0. The average molecular weight is 225 g/mol. The lowest BCUT2D eigenvalue weighted by atomic mass is 9.68. The summed E-state index contributed by atoms with van der Waals surface area (Å²) in [4.78, 5) is 0. The Bertz CT molecular complexity index is 203. The molecule has 94 valence electrons. The summed E-state index contributed by atoms with van der Waals surface area (Å²) in [6.07, 6.45) is 12.2. The van der Waals surface area contributed by atoms with Crippen molar-refractivity contribution in [2.24, 2.45) is 11.7 Å². The van der Waals surface area contributed by atoms with E-state index in [1.165, 1.54) is 57.8 Å². The van der Waals surface area contributed by atoms with Gasteiger partial charge >= 0.3 is 0 Å². The standard InChI is InChI=1S/C14H27NO/c1-2-16-13-8-6-12(7-9-13)14(15)10-4-3-5-11-14/h12-13H,2-11,15H2,1H3/t12-,13-. The summed E-state index contributed by atoms with van der Waals surface area (Å²) in [5.41, 5.74) is 6.79. The van der Waals surface area contributed by atoms with Crippen molar-refractivity contribution >= 4 is 0 Å². The van der Waals surface area contributed by atoms with Gasteiger partial charge < -0.3 is 10.5 Å². The second-order valence-corrected chi connectivity index (χ2v) is 5.72. The minimum atomic E-state index is 0.176. The SMILES string of the molecule is CCO[C@H]1CC[C@H](C2(N)CCCCC2)CC1. The van der Waals surface area contributed by atoms with Crippen LogP contribution in [0.4, 0.5) is 0 Å². The van der Waals surface area contributed by atoms with Gasteiger partial charge in [-0.2, -0.15) is 0 Å². The molecule has 0 spiro atoms. The van der Waals surface area contributed by atoms with E-state index in [1.54, 1.807) is 0 Å². The molecule has 0 atom stereocenters. The summed E-state index contributed by atoms with van der Waals surface area (Å²) in [6.45, 7) is 2.96. The molecule has 2 heteroatoms. The van der Waals surface area contributed by atoms with Gasteiger partial charge in [0.2, 0.25) is 0 Å². The molecule has 2 fully saturated rings. The highest BCUT2D eigenvalue weighted by molar-refractivity contribution is 4.95. The van der Waals surface area contributed by atoms with Crippen LogP contribution in [0.5, 0.6) is 0 Å². The van der Waals surface area contributed by atoms with Crippen LogP contribution in [-0.2, 0) is 4.74 Å². The zero-order valence-corrected chi connectivity index (χ0v) is 10.7. The minimum absolute atomic E-state index is 0.176. The fraction of sp³-hybridized carbons (Fsp3) is 1.00. The zero-order valence-electron chi connectivity index (χ0n) is 10.7. The second-order valence-electron chi connectivity index (χ2n) is 5.72. The van der Waals surface area contributed by atoms with Gasteiger partial charge in [0, 0.05) is 12.1 Å². The molecule has 0 unspecified atom stereocenters. The maximum absolute atomic E-state index is 6.61.